The molecule has 1 atom stereocenters. The van der Waals surface area contributed by atoms with Gasteiger partial charge in [0.25, 0.3) is 0 Å². The molecule has 0 fully saturated rings. The maximum Gasteiger partial charge on any atom is 0.244 e. The number of nitrogens with zero attached hydrogens (tertiary/aromatic N) is 3. The molecule has 0 aromatic carbocycles. The van der Waals surface area contributed by atoms with E-state index in [1.807, 2.05) is 12.1 Å². The molecule has 2 aromatic heterocycles. The van der Waals surface area contributed by atoms with Crippen LogP contribution in [0.2, 0.25) is 0 Å². The molecule has 0 radical (unpaired) electrons. The zero-order valence-corrected chi connectivity index (χ0v) is 9.21. The second-order valence-corrected chi connectivity index (χ2v) is 3.60. The lowest BCUT2D eigenvalue weighted by molar-refractivity contribution is 0.353. The number of hydrogen-bond acceptors (Lipinski definition) is 5. The maximum atomic E-state index is 5.76. The highest BCUT2D eigenvalue weighted by Crippen LogP contribution is 2.12. The largest absolute Gasteiger partial charge is 0.338 e. The molecule has 5 nitrogen and oxygen atoms in total. The molecule has 2 aromatic rings. The zero-order chi connectivity index (χ0) is 12.1. The Balaban J connectivity index is 2.07. The molecular weight excluding hydrogens is 216 g/mol. The molecule has 0 spiro atoms. The van der Waals surface area contributed by atoms with Crippen LogP contribution in [0.4, 0.5) is 0 Å². The molecule has 86 valence electrons. The summed E-state index contributed by atoms with van der Waals surface area (Å²) in [7, 11) is 0. The second-order valence-electron chi connectivity index (χ2n) is 3.60. The summed E-state index contributed by atoms with van der Waals surface area (Å²) in [5.41, 5.74) is 6.83. The van der Waals surface area contributed by atoms with E-state index in [9.17, 15) is 0 Å². The van der Waals surface area contributed by atoms with Gasteiger partial charge in [0.05, 0.1) is 6.04 Å². The van der Waals surface area contributed by atoms with Crippen LogP contribution in [0.1, 0.15) is 29.7 Å². The predicted molar refractivity (Wildman–Crippen MR) is 61.7 cm³/mol. The van der Waals surface area contributed by atoms with Gasteiger partial charge in [-0.3, -0.25) is 4.98 Å². The fraction of sp³-hybridized carbons (Fsp3) is 0.250. The van der Waals surface area contributed by atoms with E-state index in [0.29, 0.717) is 24.6 Å². The number of rotatable bonds is 4. The average Bonchev–Trinajstić information content (AvgIpc) is 2.79. The predicted octanol–water partition coefficient (Wildman–Crippen LogP) is 1.08. The summed E-state index contributed by atoms with van der Waals surface area (Å²) in [5.74, 6) is 3.44. The first-order valence-corrected chi connectivity index (χ1v) is 5.20. The quantitative estimate of drug-likeness (QED) is 0.792. The molecule has 0 aliphatic heterocycles. The minimum absolute atomic E-state index is 0.381. The lowest BCUT2D eigenvalue weighted by Gasteiger charge is -1.98. The highest BCUT2D eigenvalue weighted by Gasteiger charge is 2.13. The maximum absolute atomic E-state index is 5.76. The van der Waals surface area contributed by atoms with E-state index in [1.54, 1.807) is 12.4 Å². The van der Waals surface area contributed by atoms with Gasteiger partial charge in [-0.05, 0) is 17.7 Å². The number of terminal acetylenes is 1. The van der Waals surface area contributed by atoms with E-state index in [2.05, 4.69) is 21.0 Å². The van der Waals surface area contributed by atoms with Crippen molar-refractivity contribution in [1.29, 1.82) is 0 Å². The summed E-state index contributed by atoms with van der Waals surface area (Å²) < 4.78 is 5.05. The Hall–Kier alpha value is -2.19. The molecule has 0 aliphatic rings. The Morgan fingerprint density at radius 3 is 2.88 bits per heavy atom. The standard InChI is InChI=1S/C12H12N4O/c1-2-3-10(13)12-15-11(16-17-12)8-9-4-6-14-7-5-9/h1,4-7,10H,3,8,13H2. The number of aromatic nitrogens is 3. The molecule has 5 heteroatoms. The minimum atomic E-state index is -0.390. The number of nitrogens with two attached hydrogens (primary N) is 1. The Kier molecular flexibility index (Phi) is 3.48. The van der Waals surface area contributed by atoms with Crippen molar-refractivity contribution in [2.45, 2.75) is 18.9 Å². The molecule has 2 N–H and O–H groups in total. The van der Waals surface area contributed by atoms with Crippen LogP contribution < -0.4 is 5.73 Å². The molecule has 1 unspecified atom stereocenters. The van der Waals surface area contributed by atoms with Gasteiger partial charge in [-0.15, -0.1) is 12.3 Å². The van der Waals surface area contributed by atoms with Crippen molar-refractivity contribution in [3.63, 3.8) is 0 Å². The molecule has 2 heterocycles. The first-order chi connectivity index (χ1) is 8.29. The summed E-state index contributed by atoms with van der Waals surface area (Å²) >= 11 is 0. The van der Waals surface area contributed by atoms with Gasteiger partial charge in [-0.1, -0.05) is 5.16 Å². The molecule has 2 rings (SSSR count). The van der Waals surface area contributed by atoms with E-state index >= 15 is 0 Å². The Morgan fingerprint density at radius 1 is 1.41 bits per heavy atom. The Bertz CT molecular complexity index is 515. The van der Waals surface area contributed by atoms with E-state index in [1.165, 1.54) is 0 Å². The van der Waals surface area contributed by atoms with Crippen LogP contribution in [-0.4, -0.2) is 15.1 Å². The minimum Gasteiger partial charge on any atom is -0.338 e. The van der Waals surface area contributed by atoms with Gasteiger partial charge in [0.2, 0.25) is 5.89 Å². The number of pyridine rings is 1. The van der Waals surface area contributed by atoms with Crippen LogP contribution in [0.3, 0.4) is 0 Å². The lowest BCUT2D eigenvalue weighted by atomic mass is 10.2. The van der Waals surface area contributed by atoms with Crippen LogP contribution in [0.5, 0.6) is 0 Å². The van der Waals surface area contributed by atoms with Crippen molar-refractivity contribution >= 4 is 0 Å². The summed E-state index contributed by atoms with van der Waals surface area (Å²) in [6.07, 6.45) is 9.59. The van der Waals surface area contributed by atoms with Gasteiger partial charge in [0, 0.05) is 25.2 Å². The van der Waals surface area contributed by atoms with Crippen molar-refractivity contribution in [3.05, 3.63) is 41.8 Å². The first-order valence-electron chi connectivity index (χ1n) is 5.20. The van der Waals surface area contributed by atoms with Gasteiger partial charge in [-0.25, -0.2) is 0 Å². The molecule has 0 aliphatic carbocycles. The van der Waals surface area contributed by atoms with E-state index in [4.69, 9.17) is 16.7 Å². The van der Waals surface area contributed by atoms with Crippen LogP contribution in [0.25, 0.3) is 0 Å². The molecule has 0 saturated carbocycles. The molecule has 0 bridgehead atoms. The SMILES string of the molecule is C#CCC(N)c1nc(Cc2ccncc2)no1. The van der Waals surface area contributed by atoms with E-state index in [0.717, 1.165) is 5.56 Å². The smallest absolute Gasteiger partial charge is 0.244 e. The van der Waals surface area contributed by atoms with Crippen molar-refractivity contribution < 1.29 is 4.52 Å². The number of hydrogen-bond donors (Lipinski definition) is 1. The van der Waals surface area contributed by atoms with Gasteiger partial charge in [0.1, 0.15) is 0 Å². The van der Waals surface area contributed by atoms with Crippen LogP contribution >= 0.6 is 0 Å². The van der Waals surface area contributed by atoms with Crippen LogP contribution in [0.15, 0.2) is 29.0 Å². The van der Waals surface area contributed by atoms with Crippen molar-refractivity contribution in [2.24, 2.45) is 5.73 Å². The van der Waals surface area contributed by atoms with Crippen LogP contribution in [-0.2, 0) is 6.42 Å². The lowest BCUT2D eigenvalue weighted by Crippen LogP contribution is -2.09. The fourth-order valence-electron chi connectivity index (χ4n) is 1.39. The monoisotopic (exact) mass is 228 g/mol. The summed E-state index contributed by atoms with van der Waals surface area (Å²) in [5, 5.41) is 3.86. The third-order valence-electron chi connectivity index (χ3n) is 2.25. The third-order valence-corrected chi connectivity index (χ3v) is 2.25. The highest BCUT2D eigenvalue weighted by molar-refractivity contribution is 5.15. The first kappa shape index (κ1) is 11.3. The van der Waals surface area contributed by atoms with Crippen molar-refractivity contribution in [3.8, 4) is 12.3 Å². The Labute approximate surface area is 99.1 Å². The van der Waals surface area contributed by atoms with Crippen molar-refractivity contribution in [2.75, 3.05) is 0 Å². The average molecular weight is 228 g/mol. The molecule has 17 heavy (non-hydrogen) atoms. The third kappa shape index (κ3) is 2.89. The Morgan fingerprint density at radius 2 is 2.18 bits per heavy atom. The van der Waals surface area contributed by atoms with Gasteiger partial charge in [-0.2, -0.15) is 4.98 Å². The van der Waals surface area contributed by atoms with E-state index in [-0.39, 0.29) is 0 Å². The summed E-state index contributed by atoms with van der Waals surface area (Å²) in [6.45, 7) is 0. The highest BCUT2D eigenvalue weighted by atomic mass is 16.5. The van der Waals surface area contributed by atoms with Gasteiger partial charge < -0.3 is 10.3 Å². The molecular formula is C12H12N4O. The van der Waals surface area contributed by atoms with Gasteiger partial charge in [0.15, 0.2) is 5.82 Å². The normalized spacial score (nSPS) is 12.0. The fourth-order valence-corrected chi connectivity index (χ4v) is 1.39. The topological polar surface area (TPSA) is 77.8 Å². The van der Waals surface area contributed by atoms with Gasteiger partial charge >= 0.3 is 0 Å². The van der Waals surface area contributed by atoms with Crippen molar-refractivity contribution in [1.82, 2.24) is 15.1 Å². The second kappa shape index (κ2) is 5.23. The zero-order valence-electron chi connectivity index (χ0n) is 9.21. The summed E-state index contributed by atoms with van der Waals surface area (Å²) in [4.78, 5) is 8.14. The molecule has 0 amide bonds. The molecule has 0 saturated heterocycles. The summed E-state index contributed by atoms with van der Waals surface area (Å²) in [6, 6.07) is 3.41. The van der Waals surface area contributed by atoms with E-state index < -0.39 is 6.04 Å². The van der Waals surface area contributed by atoms with Crippen LogP contribution in [0, 0.1) is 12.3 Å².